The molecule has 0 radical (unpaired) electrons. The topological polar surface area (TPSA) is 64.0 Å². The minimum Gasteiger partial charge on any atom is -0.325 e. The maximum absolute atomic E-state index is 13.6. The summed E-state index contributed by atoms with van der Waals surface area (Å²) in [5.74, 6) is 0.0817. The van der Waals surface area contributed by atoms with Crippen LogP contribution in [0.3, 0.4) is 0 Å². The average molecular weight is 446 g/mol. The van der Waals surface area contributed by atoms with Crippen molar-refractivity contribution in [2.24, 2.45) is 7.05 Å². The summed E-state index contributed by atoms with van der Waals surface area (Å²) in [5.41, 5.74) is 5.88. The Morgan fingerprint density at radius 3 is 2.59 bits per heavy atom. The number of amides is 1. The van der Waals surface area contributed by atoms with Gasteiger partial charge in [0.05, 0.1) is 17.0 Å². The molecule has 6 heteroatoms. The monoisotopic (exact) mass is 445 g/mol. The number of carbonyl (C=O) groups excluding carboxylic acids is 1. The lowest BCUT2D eigenvalue weighted by Gasteiger charge is -2.36. The van der Waals surface area contributed by atoms with Crippen molar-refractivity contribution in [3.63, 3.8) is 0 Å². The molecule has 0 bridgehead atoms. The highest BCUT2D eigenvalue weighted by Gasteiger charge is 2.44. The fourth-order valence-corrected chi connectivity index (χ4v) is 5.95. The van der Waals surface area contributed by atoms with Gasteiger partial charge in [-0.1, -0.05) is 66.6 Å². The molecule has 1 N–H and O–H groups in total. The molecular formula is C26H27N3O2S. The predicted molar refractivity (Wildman–Crippen MR) is 129 cm³/mol. The zero-order valence-electron chi connectivity index (χ0n) is 18.5. The Kier molecular flexibility index (Phi) is 5.41. The van der Waals surface area contributed by atoms with Gasteiger partial charge in [0.1, 0.15) is 0 Å². The molecule has 1 amide bonds. The molecule has 1 spiro atoms. The summed E-state index contributed by atoms with van der Waals surface area (Å²) in [7, 11) is 1.78. The standard InChI is InChI=1S/C26H27N3O2S/c1-17-9-11-19(12-10-17)27-21(30)16-32-25-28-23-20-8-4-3-7-18(20)15-26(13-5-6-14-26)22(23)24(31)29(25)2/h3-4,7-12H,5-6,13-16H2,1-2H3,(H,27,30). The van der Waals surface area contributed by atoms with Crippen LogP contribution in [-0.2, 0) is 23.7 Å². The van der Waals surface area contributed by atoms with Gasteiger partial charge in [0, 0.05) is 23.7 Å². The predicted octanol–water partition coefficient (Wildman–Crippen LogP) is 4.85. The second-order valence-corrected chi connectivity index (χ2v) is 9.95. The molecule has 2 aromatic carbocycles. The SMILES string of the molecule is Cc1ccc(NC(=O)CSc2nc3c(c(=O)n2C)C2(CCCC2)Cc2ccccc2-3)cc1. The molecule has 5 rings (SSSR count). The number of carbonyl (C=O) groups is 1. The Balaban J connectivity index is 1.47. The quantitative estimate of drug-likeness (QED) is 0.460. The zero-order chi connectivity index (χ0) is 22.3. The van der Waals surface area contributed by atoms with Gasteiger partial charge in [0.2, 0.25) is 5.91 Å². The molecule has 0 aliphatic heterocycles. The molecule has 3 aromatic rings. The van der Waals surface area contributed by atoms with Crippen LogP contribution in [-0.4, -0.2) is 21.2 Å². The Bertz CT molecular complexity index is 1240. The molecule has 1 heterocycles. The van der Waals surface area contributed by atoms with Crippen LogP contribution in [0.2, 0.25) is 0 Å². The molecule has 0 saturated heterocycles. The lowest BCUT2D eigenvalue weighted by molar-refractivity contribution is -0.113. The fraction of sp³-hybridized carbons (Fsp3) is 0.346. The van der Waals surface area contributed by atoms with E-state index in [1.165, 1.54) is 17.3 Å². The van der Waals surface area contributed by atoms with Crippen molar-refractivity contribution in [3.05, 3.63) is 75.6 Å². The van der Waals surface area contributed by atoms with Crippen molar-refractivity contribution in [2.45, 2.75) is 49.6 Å². The van der Waals surface area contributed by atoms with Gasteiger partial charge < -0.3 is 5.32 Å². The smallest absolute Gasteiger partial charge is 0.258 e. The Labute approximate surface area is 192 Å². The number of nitrogens with zero attached hydrogens (tertiary/aromatic N) is 2. The van der Waals surface area contributed by atoms with Crippen LogP contribution in [0.15, 0.2) is 58.5 Å². The molecule has 2 aliphatic rings. The van der Waals surface area contributed by atoms with E-state index in [0.717, 1.165) is 60.2 Å². The van der Waals surface area contributed by atoms with E-state index in [1.54, 1.807) is 11.6 Å². The molecular weight excluding hydrogens is 418 g/mol. The van der Waals surface area contributed by atoms with E-state index in [9.17, 15) is 9.59 Å². The first kappa shape index (κ1) is 21.0. The van der Waals surface area contributed by atoms with E-state index in [2.05, 4.69) is 23.5 Å². The first-order chi connectivity index (χ1) is 15.5. The van der Waals surface area contributed by atoms with Crippen LogP contribution in [0.1, 0.15) is 42.4 Å². The summed E-state index contributed by atoms with van der Waals surface area (Å²) >= 11 is 1.31. The number of aromatic nitrogens is 2. The minimum atomic E-state index is -0.113. The number of fused-ring (bicyclic) bond motifs is 4. The van der Waals surface area contributed by atoms with Gasteiger partial charge in [-0.2, -0.15) is 0 Å². The van der Waals surface area contributed by atoms with E-state index in [0.29, 0.717) is 5.16 Å². The highest BCUT2D eigenvalue weighted by atomic mass is 32.2. The molecule has 0 unspecified atom stereocenters. The Morgan fingerprint density at radius 1 is 1.12 bits per heavy atom. The van der Waals surface area contributed by atoms with Gasteiger partial charge in [-0.3, -0.25) is 14.2 Å². The highest BCUT2D eigenvalue weighted by Crippen LogP contribution is 2.49. The summed E-state index contributed by atoms with van der Waals surface area (Å²) in [5, 5.41) is 3.50. The van der Waals surface area contributed by atoms with Crippen LogP contribution in [0, 0.1) is 6.92 Å². The number of aryl methyl sites for hydroxylation is 1. The first-order valence-electron chi connectivity index (χ1n) is 11.2. The maximum Gasteiger partial charge on any atom is 0.258 e. The number of anilines is 1. The number of thioether (sulfide) groups is 1. The van der Waals surface area contributed by atoms with E-state index in [-0.39, 0.29) is 22.6 Å². The van der Waals surface area contributed by atoms with Gasteiger partial charge in [-0.15, -0.1) is 0 Å². The van der Waals surface area contributed by atoms with Gasteiger partial charge in [-0.25, -0.2) is 4.98 Å². The Hall–Kier alpha value is -2.86. The highest BCUT2D eigenvalue weighted by molar-refractivity contribution is 7.99. The van der Waals surface area contributed by atoms with Crippen molar-refractivity contribution < 1.29 is 4.79 Å². The van der Waals surface area contributed by atoms with Crippen molar-refractivity contribution >= 4 is 23.4 Å². The number of rotatable bonds is 4. The summed E-state index contributed by atoms with van der Waals surface area (Å²) in [4.78, 5) is 31.1. The van der Waals surface area contributed by atoms with E-state index >= 15 is 0 Å². The normalized spacial score (nSPS) is 15.9. The van der Waals surface area contributed by atoms with Crippen LogP contribution >= 0.6 is 11.8 Å². The summed E-state index contributed by atoms with van der Waals surface area (Å²) in [6.07, 6.45) is 5.30. The second kappa shape index (κ2) is 8.24. The molecule has 2 aliphatic carbocycles. The third-order valence-electron chi connectivity index (χ3n) is 6.81. The summed E-state index contributed by atoms with van der Waals surface area (Å²) in [6.45, 7) is 2.01. The third-order valence-corrected chi connectivity index (χ3v) is 7.84. The number of hydrogen-bond donors (Lipinski definition) is 1. The maximum atomic E-state index is 13.6. The largest absolute Gasteiger partial charge is 0.325 e. The van der Waals surface area contributed by atoms with Crippen LogP contribution in [0.4, 0.5) is 5.69 Å². The average Bonchev–Trinajstić information content (AvgIpc) is 3.25. The molecule has 164 valence electrons. The number of nitrogens with one attached hydrogen (secondary N) is 1. The van der Waals surface area contributed by atoms with Crippen LogP contribution in [0.5, 0.6) is 0 Å². The lowest BCUT2D eigenvalue weighted by atomic mass is 9.68. The van der Waals surface area contributed by atoms with Crippen molar-refractivity contribution in [1.82, 2.24) is 9.55 Å². The fourth-order valence-electron chi connectivity index (χ4n) is 5.19. The number of hydrogen-bond acceptors (Lipinski definition) is 4. The zero-order valence-corrected chi connectivity index (χ0v) is 19.3. The van der Waals surface area contributed by atoms with Gasteiger partial charge in [-0.05, 0) is 43.9 Å². The van der Waals surface area contributed by atoms with Crippen molar-refractivity contribution in [1.29, 1.82) is 0 Å². The molecule has 32 heavy (non-hydrogen) atoms. The van der Waals surface area contributed by atoms with Gasteiger partial charge in [0.15, 0.2) is 5.16 Å². The third kappa shape index (κ3) is 3.66. The van der Waals surface area contributed by atoms with Gasteiger partial charge >= 0.3 is 0 Å². The van der Waals surface area contributed by atoms with Crippen LogP contribution < -0.4 is 10.9 Å². The number of benzene rings is 2. The lowest BCUT2D eigenvalue weighted by Crippen LogP contribution is -2.39. The van der Waals surface area contributed by atoms with E-state index in [4.69, 9.17) is 4.98 Å². The minimum absolute atomic E-state index is 0.0350. The van der Waals surface area contributed by atoms with Gasteiger partial charge in [0.25, 0.3) is 5.56 Å². The van der Waals surface area contributed by atoms with Crippen molar-refractivity contribution in [3.8, 4) is 11.3 Å². The van der Waals surface area contributed by atoms with E-state index in [1.807, 2.05) is 37.3 Å². The molecule has 5 nitrogen and oxygen atoms in total. The molecule has 1 aromatic heterocycles. The van der Waals surface area contributed by atoms with Crippen molar-refractivity contribution in [2.75, 3.05) is 11.1 Å². The Morgan fingerprint density at radius 2 is 1.84 bits per heavy atom. The molecule has 1 saturated carbocycles. The second-order valence-electron chi connectivity index (χ2n) is 9.01. The summed E-state index contributed by atoms with van der Waals surface area (Å²) < 4.78 is 1.64. The van der Waals surface area contributed by atoms with Crippen LogP contribution in [0.25, 0.3) is 11.3 Å². The first-order valence-corrected chi connectivity index (χ1v) is 12.1. The van der Waals surface area contributed by atoms with E-state index < -0.39 is 0 Å². The molecule has 1 fully saturated rings. The molecule has 0 atom stereocenters. The summed E-state index contributed by atoms with van der Waals surface area (Å²) in [6, 6.07) is 16.0.